The van der Waals surface area contributed by atoms with Gasteiger partial charge in [-0.1, -0.05) is 5.16 Å². The van der Waals surface area contributed by atoms with Crippen molar-refractivity contribution in [1.82, 2.24) is 10.1 Å². The molecule has 0 N–H and O–H groups in total. The van der Waals surface area contributed by atoms with E-state index in [0.717, 1.165) is 0 Å². The van der Waals surface area contributed by atoms with Crippen LogP contribution in [0.1, 0.15) is 5.76 Å². The van der Waals surface area contributed by atoms with Gasteiger partial charge in [-0.2, -0.15) is 0 Å². The molecule has 0 aliphatic carbocycles. The highest BCUT2D eigenvalue weighted by molar-refractivity contribution is 5.27. The summed E-state index contributed by atoms with van der Waals surface area (Å²) in [6, 6.07) is 3.62. The number of aromatic nitrogens is 2. The van der Waals surface area contributed by atoms with Gasteiger partial charge in [-0.05, 0) is 12.1 Å². The Hall–Kier alpha value is -1.84. The molecule has 0 bridgehead atoms. The van der Waals surface area contributed by atoms with E-state index >= 15 is 0 Å². The SMILES string of the molecule is Cc1oncc1Oc1cccnc1. The summed E-state index contributed by atoms with van der Waals surface area (Å²) in [7, 11) is 0. The van der Waals surface area contributed by atoms with E-state index in [4.69, 9.17) is 9.26 Å². The maximum atomic E-state index is 5.43. The van der Waals surface area contributed by atoms with Crippen molar-refractivity contribution in [2.24, 2.45) is 0 Å². The van der Waals surface area contributed by atoms with Crippen molar-refractivity contribution < 1.29 is 9.26 Å². The van der Waals surface area contributed by atoms with Crippen LogP contribution < -0.4 is 4.74 Å². The Bertz CT molecular complexity index is 384. The molecule has 2 aromatic rings. The molecule has 0 aliphatic rings. The monoisotopic (exact) mass is 176 g/mol. The fraction of sp³-hybridized carbons (Fsp3) is 0.111. The van der Waals surface area contributed by atoms with Crippen LogP contribution >= 0.6 is 0 Å². The second-order valence-electron chi connectivity index (χ2n) is 2.54. The van der Waals surface area contributed by atoms with Gasteiger partial charge in [-0.15, -0.1) is 0 Å². The Morgan fingerprint density at radius 2 is 2.31 bits per heavy atom. The maximum absolute atomic E-state index is 5.43. The quantitative estimate of drug-likeness (QED) is 0.703. The summed E-state index contributed by atoms with van der Waals surface area (Å²) in [4.78, 5) is 3.92. The van der Waals surface area contributed by atoms with Crippen molar-refractivity contribution in [3.63, 3.8) is 0 Å². The van der Waals surface area contributed by atoms with Crippen molar-refractivity contribution in [2.45, 2.75) is 6.92 Å². The smallest absolute Gasteiger partial charge is 0.189 e. The van der Waals surface area contributed by atoms with Gasteiger partial charge in [0.05, 0.1) is 6.20 Å². The lowest BCUT2D eigenvalue weighted by molar-refractivity contribution is 0.385. The maximum Gasteiger partial charge on any atom is 0.189 e. The second kappa shape index (κ2) is 3.26. The molecule has 0 saturated carbocycles. The molecule has 0 atom stereocenters. The van der Waals surface area contributed by atoms with E-state index < -0.39 is 0 Å². The van der Waals surface area contributed by atoms with E-state index in [-0.39, 0.29) is 0 Å². The van der Waals surface area contributed by atoms with Crippen molar-refractivity contribution in [3.8, 4) is 11.5 Å². The number of pyridine rings is 1. The van der Waals surface area contributed by atoms with Crippen molar-refractivity contribution >= 4 is 0 Å². The molecule has 0 fully saturated rings. The molecule has 13 heavy (non-hydrogen) atoms. The lowest BCUT2D eigenvalue weighted by Crippen LogP contribution is -1.83. The molecule has 2 rings (SSSR count). The fourth-order valence-electron chi connectivity index (χ4n) is 0.922. The Labute approximate surface area is 75.2 Å². The Balaban J connectivity index is 2.20. The molecule has 2 aromatic heterocycles. The second-order valence-corrected chi connectivity index (χ2v) is 2.54. The first-order chi connectivity index (χ1) is 6.36. The zero-order valence-electron chi connectivity index (χ0n) is 7.10. The molecule has 0 spiro atoms. The number of rotatable bonds is 2. The van der Waals surface area contributed by atoms with Crippen LogP contribution in [-0.4, -0.2) is 10.1 Å². The van der Waals surface area contributed by atoms with E-state index in [0.29, 0.717) is 17.3 Å². The van der Waals surface area contributed by atoms with Gasteiger partial charge in [0.15, 0.2) is 11.5 Å². The fourth-order valence-corrected chi connectivity index (χ4v) is 0.922. The zero-order chi connectivity index (χ0) is 9.10. The summed E-state index contributed by atoms with van der Waals surface area (Å²) in [6.45, 7) is 1.79. The van der Waals surface area contributed by atoms with Crippen LogP contribution in [0, 0.1) is 6.92 Å². The van der Waals surface area contributed by atoms with Crippen LogP contribution in [0.5, 0.6) is 11.5 Å². The van der Waals surface area contributed by atoms with Gasteiger partial charge in [-0.3, -0.25) is 4.98 Å². The Morgan fingerprint density at radius 3 is 2.92 bits per heavy atom. The summed E-state index contributed by atoms with van der Waals surface area (Å²) >= 11 is 0. The van der Waals surface area contributed by atoms with Crippen LogP contribution in [0.15, 0.2) is 35.2 Å². The number of ether oxygens (including phenoxy) is 1. The summed E-state index contributed by atoms with van der Waals surface area (Å²) in [5.74, 6) is 1.95. The molecule has 2 heterocycles. The van der Waals surface area contributed by atoms with Crippen LogP contribution in [0.4, 0.5) is 0 Å². The third-order valence-electron chi connectivity index (χ3n) is 1.57. The molecular formula is C9H8N2O2. The van der Waals surface area contributed by atoms with E-state index in [1.807, 2.05) is 6.07 Å². The van der Waals surface area contributed by atoms with Gasteiger partial charge in [0.1, 0.15) is 11.9 Å². The summed E-state index contributed by atoms with van der Waals surface area (Å²) in [5, 5.41) is 3.60. The lowest BCUT2D eigenvalue weighted by atomic mass is 10.4. The van der Waals surface area contributed by atoms with Gasteiger partial charge >= 0.3 is 0 Å². The molecule has 66 valence electrons. The molecule has 0 saturated heterocycles. The summed E-state index contributed by atoms with van der Waals surface area (Å²) in [6.07, 6.45) is 4.85. The average molecular weight is 176 g/mol. The van der Waals surface area contributed by atoms with E-state index in [1.165, 1.54) is 6.20 Å². The van der Waals surface area contributed by atoms with Crippen LogP contribution in [-0.2, 0) is 0 Å². The van der Waals surface area contributed by atoms with Gasteiger partial charge in [0.25, 0.3) is 0 Å². The lowest BCUT2D eigenvalue weighted by Gasteiger charge is -2.00. The molecule has 0 aliphatic heterocycles. The molecule has 0 aromatic carbocycles. The highest BCUT2D eigenvalue weighted by Gasteiger charge is 2.04. The minimum Gasteiger partial charge on any atom is -0.450 e. The summed E-state index contributed by atoms with van der Waals surface area (Å²) < 4.78 is 10.3. The first kappa shape index (κ1) is 7.79. The van der Waals surface area contributed by atoms with E-state index in [9.17, 15) is 0 Å². The van der Waals surface area contributed by atoms with Gasteiger partial charge in [-0.25, -0.2) is 0 Å². The Kier molecular flexibility index (Phi) is 1.96. The third-order valence-corrected chi connectivity index (χ3v) is 1.57. The van der Waals surface area contributed by atoms with Crippen LogP contribution in [0.3, 0.4) is 0 Å². The van der Waals surface area contributed by atoms with Crippen LogP contribution in [0.2, 0.25) is 0 Å². The standard InChI is InChI=1S/C9H8N2O2/c1-7-9(6-11-13-7)12-8-3-2-4-10-5-8/h2-6H,1H3. The van der Waals surface area contributed by atoms with Crippen molar-refractivity contribution in [1.29, 1.82) is 0 Å². The number of hydrogen-bond donors (Lipinski definition) is 0. The first-order valence-corrected chi connectivity index (χ1v) is 3.85. The van der Waals surface area contributed by atoms with Gasteiger partial charge in [0, 0.05) is 13.1 Å². The Morgan fingerprint density at radius 1 is 1.38 bits per heavy atom. The third kappa shape index (κ3) is 1.66. The largest absolute Gasteiger partial charge is 0.450 e. The number of nitrogens with zero attached hydrogens (tertiary/aromatic N) is 2. The topological polar surface area (TPSA) is 48.2 Å². The van der Waals surface area contributed by atoms with Gasteiger partial charge < -0.3 is 9.26 Å². The average Bonchev–Trinajstić information content (AvgIpc) is 2.54. The summed E-state index contributed by atoms with van der Waals surface area (Å²) in [5.41, 5.74) is 0. The van der Waals surface area contributed by atoms with Gasteiger partial charge in [0.2, 0.25) is 0 Å². The van der Waals surface area contributed by atoms with Crippen molar-refractivity contribution in [3.05, 3.63) is 36.5 Å². The minimum absolute atomic E-state index is 0.619. The molecule has 0 unspecified atom stereocenters. The first-order valence-electron chi connectivity index (χ1n) is 3.85. The highest BCUT2D eigenvalue weighted by atomic mass is 16.5. The normalized spacial score (nSPS) is 9.92. The predicted octanol–water partition coefficient (Wildman–Crippen LogP) is 2.17. The number of aryl methyl sites for hydroxylation is 1. The molecular weight excluding hydrogens is 168 g/mol. The number of hydrogen-bond acceptors (Lipinski definition) is 4. The van der Waals surface area contributed by atoms with Crippen LogP contribution in [0.25, 0.3) is 0 Å². The molecule has 4 heteroatoms. The molecule has 0 radical (unpaired) electrons. The van der Waals surface area contributed by atoms with E-state index in [2.05, 4.69) is 10.1 Å². The highest BCUT2D eigenvalue weighted by Crippen LogP contribution is 2.22. The predicted molar refractivity (Wildman–Crippen MR) is 45.6 cm³/mol. The van der Waals surface area contributed by atoms with E-state index in [1.54, 1.807) is 25.4 Å². The van der Waals surface area contributed by atoms with Crippen molar-refractivity contribution in [2.75, 3.05) is 0 Å². The minimum atomic E-state index is 0.619. The molecule has 4 nitrogen and oxygen atoms in total. The zero-order valence-corrected chi connectivity index (χ0v) is 7.10. The molecule has 0 amide bonds.